The number of rotatable bonds is 4. The van der Waals surface area contributed by atoms with E-state index < -0.39 is 0 Å². The third-order valence-corrected chi connectivity index (χ3v) is 4.27. The van der Waals surface area contributed by atoms with Crippen LogP contribution < -0.4 is 15.5 Å². The van der Waals surface area contributed by atoms with Crippen LogP contribution in [0.1, 0.15) is 36.7 Å². The van der Waals surface area contributed by atoms with Gasteiger partial charge in [-0.25, -0.2) is 0 Å². The van der Waals surface area contributed by atoms with Gasteiger partial charge in [0.25, 0.3) is 5.91 Å². The molecule has 0 spiro atoms. The Balaban J connectivity index is 1.57. The fraction of sp³-hybridized carbons (Fsp3) is 0.333. The molecular formula is C21H25N3O2. The molecule has 5 heteroatoms. The number of anilines is 2. The van der Waals surface area contributed by atoms with Crippen molar-refractivity contribution in [1.82, 2.24) is 5.32 Å². The van der Waals surface area contributed by atoms with Gasteiger partial charge in [0.15, 0.2) is 0 Å². The van der Waals surface area contributed by atoms with Crippen LogP contribution in [0.15, 0.2) is 48.5 Å². The molecule has 26 heavy (non-hydrogen) atoms. The van der Waals surface area contributed by atoms with Crippen molar-refractivity contribution in [2.24, 2.45) is 0 Å². The summed E-state index contributed by atoms with van der Waals surface area (Å²) < 4.78 is 0. The molecule has 1 aliphatic rings. The molecule has 0 saturated heterocycles. The molecular weight excluding hydrogens is 326 g/mol. The minimum atomic E-state index is -0.271. The highest BCUT2D eigenvalue weighted by atomic mass is 16.2. The number of para-hydroxylation sites is 1. The zero-order chi connectivity index (χ0) is 18.7. The Hall–Kier alpha value is -2.82. The van der Waals surface area contributed by atoms with Gasteiger partial charge >= 0.3 is 0 Å². The first-order valence-electron chi connectivity index (χ1n) is 8.88. The van der Waals surface area contributed by atoms with Crippen molar-refractivity contribution in [3.05, 3.63) is 59.7 Å². The van der Waals surface area contributed by atoms with Crippen LogP contribution in [0.3, 0.4) is 0 Å². The molecule has 0 fully saturated rings. The van der Waals surface area contributed by atoms with Gasteiger partial charge in [-0.2, -0.15) is 0 Å². The van der Waals surface area contributed by atoms with E-state index in [4.69, 9.17) is 0 Å². The summed E-state index contributed by atoms with van der Waals surface area (Å²) in [5.74, 6) is -0.0571. The summed E-state index contributed by atoms with van der Waals surface area (Å²) in [6.07, 6.45) is 0.902. The Morgan fingerprint density at radius 2 is 1.73 bits per heavy atom. The van der Waals surface area contributed by atoms with E-state index in [0.717, 1.165) is 24.3 Å². The lowest BCUT2D eigenvalue weighted by molar-refractivity contribution is -0.116. The summed E-state index contributed by atoms with van der Waals surface area (Å²) in [7, 11) is 0. The fourth-order valence-electron chi connectivity index (χ4n) is 3.02. The van der Waals surface area contributed by atoms with Crippen molar-refractivity contribution in [2.75, 3.05) is 23.3 Å². The van der Waals surface area contributed by atoms with Gasteiger partial charge in [0, 0.05) is 29.0 Å². The second-order valence-electron chi connectivity index (χ2n) is 7.56. The highest BCUT2D eigenvalue weighted by Crippen LogP contribution is 2.27. The number of nitrogens with zero attached hydrogens (tertiary/aromatic N) is 1. The lowest BCUT2D eigenvalue weighted by Gasteiger charge is -2.20. The molecule has 0 atom stereocenters. The van der Waals surface area contributed by atoms with E-state index in [0.29, 0.717) is 5.56 Å². The molecule has 1 aliphatic heterocycles. The van der Waals surface area contributed by atoms with Gasteiger partial charge in [0.2, 0.25) is 5.91 Å². The van der Waals surface area contributed by atoms with Crippen LogP contribution in [-0.4, -0.2) is 30.4 Å². The largest absolute Gasteiger partial charge is 0.376 e. The van der Waals surface area contributed by atoms with E-state index in [1.165, 1.54) is 5.56 Å². The Morgan fingerprint density at radius 3 is 2.42 bits per heavy atom. The summed E-state index contributed by atoms with van der Waals surface area (Å²) >= 11 is 0. The Kier molecular flexibility index (Phi) is 4.98. The maximum atomic E-state index is 12.5. The van der Waals surface area contributed by atoms with Crippen LogP contribution in [0.25, 0.3) is 0 Å². The summed E-state index contributed by atoms with van der Waals surface area (Å²) in [4.78, 5) is 26.5. The number of hydrogen-bond donors (Lipinski definition) is 2. The zero-order valence-electron chi connectivity index (χ0n) is 15.5. The molecule has 136 valence electrons. The number of hydrogen-bond acceptors (Lipinski definition) is 3. The second-order valence-corrected chi connectivity index (χ2v) is 7.56. The number of carbonyl (C=O) groups is 2. The third kappa shape index (κ3) is 4.23. The Morgan fingerprint density at radius 1 is 1.04 bits per heavy atom. The van der Waals surface area contributed by atoms with Crippen molar-refractivity contribution in [3.8, 4) is 0 Å². The Labute approximate surface area is 154 Å². The maximum Gasteiger partial charge on any atom is 0.251 e. The molecule has 2 N–H and O–H groups in total. The average molecular weight is 351 g/mol. The summed E-state index contributed by atoms with van der Waals surface area (Å²) in [5.41, 5.74) is 3.37. The molecule has 0 aromatic heterocycles. The molecule has 2 amide bonds. The highest BCUT2D eigenvalue weighted by molar-refractivity contribution is 5.98. The van der Waals surface area contributed by atoms with Gasteiger partial charge in [0.1, 0.15) is 0 Å². The Bertz CT molecular complexity index is 807. The number of benzene rings is 2. The standard InChI is InChI=1S/C21H25N3O2/c1-21(2,3)23-20(26)16-8-10-17(11-9-16)22-14-19(25)24-13-12-15-6-4-5-7-18(15)24/h4-11,22H,12-14H2,1-3H3,(H,23,26). The molecule has 0 aliphatic carbocycles. The fourth-order valence-corrected chi connectivity index (χ4v) is 3.02. The second kappa shape index (κ2) is 7.20. The molecule has 2 aromatic carbocycles. The number of carbonyl (C=O) groups excluding carboxylic acids is 2. The van der Waals surface area contributed by atoms with Gasteiger partial charge in [-0.15, -0.1) is 0 Å². The lowest BCUT2D eigenvalue weighted by Crippen LogP contribution is -2.40. The monoisotopic (exact) mass is 351 g/mol. The molecule has 2 aromatic rings. The van der Waals surface area contributed by atoms with E-state index in [1.54, 1.807) is 12.1 Å². The average Bonchev–Trinajstić information content (AvgIpc) is 3.03. The van der Waals surface area contributed by atoms with Gasteiger partial charge in [-0.05, 0) is 63.1 Å². The van der Waals surface area contributed by atoms with Crippen LogP contribution in [0, 0.1) is 0 Å². The van der Waals surface area contributed by atoms with Gasteiger partial charge in [-0.3, -0.25) is 9.59 Å². The minimum absolute atomic E-state index is 0.0458. The van der Waals surface area contributed by atoms with E-state index >= 15 is 0 Å². The van der Waals surface area contributed by atoms with Crippen molar-refractivity contribution in [2.45, 2.75) is 32.7 Å². The van der Waals surface area contributed by atoms with Crippen LogP contribution in [0.5, 0.6) is 0 Å². The number of nitrogens with one attached hydrogen (secondary N) is 2. The maximum absolute atomic E-state index is 12.5. The summed E-state index contributed by atoms with van der Waals surface area (Å²) in [6, 6.07) is 15.2. The molecule has 0 unspecified atom stereocenters. The summed E-state index contributed by atoms with van der Waals surface area (Å²) in [6.45, 7) is 6.79. The number of fused-ring (bicyclic) bond motifs is 1. The van der Waals surface area contributed by atoms with Crippen molar-refractivity contribution in [1.29, 1.82) is 0 Å². The van der Waals surface area contributed by atoms with Crippen LogP contribution >= 0.6 is 0 Å². The topological polar surface area (TPSA) is 61.4 Å². The minimum Gasteiger partial charge on any atom is -0.376 e. The smallest absolute Gasteiger partial charge is 0.251 e. The first kappa shape index (κ1) is 18.0. The van der Waals surface area contributed by atoms with E-state index in [9.17, 15) is 9.59 Å². The van der Waals surface area contributed by atoms with E-state index in [1.807, 2.05) is 56.0 Å². The highest BCUT2D eigenvalue weighted by Gasteiger charge is 2.23. The van der Waals surface area contributed by atoms with Crippen molar-refractivity contribution < 1.29 is 9.59 Å². The number of amides is 2. The van der Waals surface area contributed by atoms with Crippen molar-refractivity contribution in [3.63, 3.8) is 0 Å². The van der Waals surface area contributed by atoms with Gasteiger partial charge in [0.05, 0.1) is 6.54 Å². The zero-order valence-corrected chi connectivity index (χ0v) is 15.5. The van der Waals surface area contributed by atoms with Crippen LogP contribution in [-0.2, 0) is 11.2 Å². The SMILES string of the molecule is CC(C)(C)NC(=O)c1ccc(NCC(=O)N2CCc3ccccc32)cc1. The quantitative estimate of drug-likeness (QED) is 0.889. The van der Waals surface area contributed by atoms with Crippen molar-refractivity contribution >= 4 is 23.2 Å². The van der Waals surface area contributed by atoms with Crippen LogP contribution in [0.4, 0.5) is 11.4 Å². The molecule has 5 nitrogen and oxygen atoms in total. The first-order chi connectivity index (χ1) is 12.3. The lowest BCUT2D eigenvalue weighted by atomic mass is 10.1. The molecule has 1 heterocycles. The molecule has 0 saturated carbocycles. The van der Waals surface area contributed by atoms with E-state index in [-0.39, 0.29) is 23.9 Å². The molecule has 0 bridgehead atoms. The summed E-state index contributed by atoms with van der Waals surface area (Å²) in [5, 5.41) is 6.08. The van der Waals surface area contributed by atoms with Crippen LogP contribution in [0.2, 0.25) is 0 Å². The van der Waals surface area contributed by atoms with Gasteiger partial charge in [-0.1, -0.05) is 18.2 Å². The van der Waals surface area contributed by atoms with E-state index in [2.05, 4.69) is 16.7 Å². The predicted molar refractivity (Wildman–Crippen MR) is 105 cm³/mol. The van der Waals surface area contributed by atoms with Gasteiger partial charge < -0.3 is 15.5 Å². The first-order valence-corrected chi connectivity index (χ1v) is 8.88. The molecule has 3 rings (SSSR count). The third-order valence-electron chi connectivity index (χ3n) is 4.27. The molecule has 0 radical (unpaired) electrons. The predicted octanol–water partition coefficient (Wildman–Crippen LogP) is 3.22. The normalized spacial score (nSPS) is 13.3.